The van der Waals surface area contributed by atoms with Crippen LogP contribution in [0, 0.1) is 0 Å². The van der Waals surface area contributed by atoms with Crippen molar-refractivity contribution in [3.63, 3.8) is 0 Å². The number of aliphatic hydroxyl groups is 1. The summed E-state index contributed by atoms with van der Waals surface area (Å²) in [6.07, 6.45) is 1.69. The summed E-state index contributed by atoms with van der Waals surface area (Å²) in [6, 6.07) is 1.76. The number of aromatic amines is 1. The van der Waals surface area contributed by atoms with Crippen LogP contribution in [0.25, 0.3) is 0 Å². The van der Waals surface area contributed by atoms with Crippen molar-refractivity contribution in [3.8, 4) is 0 Å². The molecule has 0 aromatic carbocycles. The van der Waals surface area contributed by atoms with Crippen LogP contribution in [0.4, 0.5) is 0 Å². The zero-order valence-electron chi connectivity index (χ0n) is 7.37. The highest BCUT2D eigenvalue weighted by Gasteiger charge is 2.25. The van der Waals surface area contributed by atoms with Gasteiger partial charge in [-0.15, -0.1) is 0 Å². The second-order valence-corrected chi connectivity index (χ2v) is 3.43. The summed E-state index contributed by atoms with van der Waals surface area (Å²) in [7, 11) is 0. The number of hydrogen-bond acceptors (Lipinski definition) is 2. The maximum Gasteiger partial charge on any atom is 0.268 e. The Morgan fingerprint density at radius 3 is 3.15 bits per heavy atom. The van der Waals surface area contributed by atoms with Crippen molar-refractivity contribution in [2.75, 3.05) is 0 Å². The zero-order chi connectivity index (χ0) is 9.42. The second-order valence-electron chi connectivity index (χ2n) is 3.43. The van der Waals surface area contributed by atoms with Crippen LogP contribution in [0.1, 0.15) is 35.5 Å². The first-order valence-electron chi connectivity index (χ1n) is 4.34. The van der Waals surface area contributed by atoms with Gasteiger partial charge in [0.1, 0.15) is 5.69 Å². The van der Waals surface area contributed by atoms with Gasteiger partial charge in [-0.3, -0.25) is 4.79 Å². The van der Waals surface area contributed by atoms with Gasteiger partial charge in [0.2, 0.25) is 0 Å². The van der Waals surface area contributed by atoms with Gasteiger partial charge in [-0.05, 0) is 19.4 Å². The summed E-state index contributed by atoms with van der Waals surface area (Å²) in [5, 5.41) is 12.5. The highest BCUT2D eigenvalue weighted by Crippen LogP contribution is 2.24. The quantitative estimate of drug-likeness (QED) is 0.546. The van der Waals surface area contributed by atoms with Crippen molar-refractivity contribution < 1.29 is 9.90 Å². The normalized spacial score (nSPS) is 27.7. The number of rotatable bonds is 0. The van der Waals surface area contributed by atoms with Crippen molar-refractivity contribution in [1.82, 2.24) is 10.3 Å². The van der Waals surface area contributed by atoms with Crippen molar-refractivity contribution in [2.24, 2.45) is 0 Å². The number of aliphatic hydroxyl groups excluding tert-OH is 1. The largest absolute Gasteiger partial charge is 0.388 e. The Morgan fingerprint density at radius 1 is 1.62 bits per heavy atom. The van der Waals surface area contributed by atoms with Crippen molar-refractivity contribution in [2.45, 2.75) is 25.5 Å². The first-order chi connectivity index (χ1) is 6.18. The third-order valence-electron chi connectivity index (χ3n) is 2.32. The number of aromatic nitrogens is 1. The van der Waals surface area contributed by atoms with Gasteiger partial charge in [0.15, 0.2) is 0 Å². The molecule has 1 aromatic rings. The Morgan fingerprint density at radius 2 is 2.38 bits per heavy atom. The number of carbonyl (C=O) groups excluding carboxylic acids is 1. The number of amides is 1. The summed E-state index contributed by atoms with van der Waals surface area (Å²) in [4.78, 5) is 14.3. The molecule has 1 aliphatic heterocycles. The second kappa shape index (κ2) is 2.88. The Bertz CT molecular complexity index is 332. The molecule has 0 saturated carbocycles. The minimum Gasteiger partial charge on any atom is -0.388 e. The van der Waals surface area contributed by atoms with E-state index in [4.69, 9.17) is 0 Å². The molecule has 2 rings (SSSR count). The van der Waals surface area contributed by atoms with E-state index in [0.717, 1.165) is 0 Å². The average molecular weight is 180 g/mol. The standard InChI is InChI=1S/C9H12N2O2/c1-5-4-7(12)6-2-3-10-8(6)9(13)11-5/h2-3,5,7,10,12H,4H2,1H3,(H,11,13). The van der Waals surface area contributed by atoms with Gasteiger partial charge < -0.3 is 15.4 Å². The maximum absolute atomic E-state index is 11.5. The van der Waals surface area contributed by atoms with Gasteiger partial charge in [-0.25, -0.2) is 0 Å². The van der Waals surface area contributed by atoms with Crippen molar-refractivity contribution in [1.29, 1.82) is 0 Å². The highest BCUT2D eigenvalue weighted by atomic mass is 16.3. The Balaban J connectivity index is 2.42. The van der Waals surface area contributed by atoms with E-state index in [0.29, 0.717) is 17.7 Å². The van der Waals surface area contributed by atoms with Crippen LogP contribution < -0.4 is 5.32 Å². The number of nitrogens with one attached hydrogen (secondary N) is 2. The van der Waals surface area contributed by atoms with Crippen LogP contribution in [-0.4, -0.2) is 22.0 Å². The molecule has 2 unspecified atom stereocenters. The fraction of sp³-hybridized carbons (Fsp3) is 0.444. The Kier molecular flexibility index (Phi) is 1.84. The lowest BCUT2D eigenvalue weighted by atomic mass is 10.1. The van der Waals surface area contributed by atoms with E-state index in [1.54, 1.807) is 12.3 Å². The summed E-state index contributed by atoms with van der Waals surface area (Å²) in [6.45, 7) is 1.88. The molecule has 2 heterocycles. The minimum atomic E-state index is -0.546. The van der Waals surface area contributed by atoms with Gasteiger partial charge in [-0.1, -0.05) is 0 Å². The van der Waals surface area contributed by atoms with Gasteiger partial charge >= 0.3 is 0 Å². The zero-order valence-corrected chi connectivity index (χ0v) is 7.37. The minimum absolute atomic E-state index is 0.0169. The number of H-pyrrole nitrogens is 1. The average Bonchev–Trinajstić information content (AvgIpc) is 2.47. The van der Waals surface area contributed by atoms with E-state index in [1.165, 1.54) is 0 Å². The molecule has 1 aromatic heterocycles. The maximum atomic E-state index is 11.5. The molecule has 0 saturated heterocycles. The van der Waals surface area contributed by atoms with E-state index in [9.17, 15) is 9.90 Å². The molecule has 0 aliphatic carbocycles. The van der Waals surface area contributed by atoms with E-state index < -0.39 is 6.10 Å². The van der Waals surface area contributed by atoms with Gasteiger partial charge in [0.05, 0.1) is 6.10 Å². The molecule has 0 bridgehead atoms. The summed E-state index contributed by atoms with van der Waals surface area (Å²) in [5.41, 5.74) is 1.18. The Hall–Kier alpha value is -1.29. The molecular weight excluding hydrogens is 168 g/mol. The first-order valence-corrected chi connectivity index (χ1v) is 4.34. The molecule has 4 heteroatoms. The van der Waals surface area contributed by atoms with Crippen molar-refractivity contribution >= 4 is 5.91 Å². The summed E-state index contributed by atoms with van der Waals surface area (Å²) < 4.78 is 0. The highest BCUT2D eigenvalue weighted by molar-refractivity contribution is 5.94. The smallest absolute Gasteiger partial charge is 0.268 e. The summed E-state index contributed by atoms with van der Waals surface area (Å²) in [5.74, 6) is -0.135. The predicted octanol–water partition coefficient (Wildman–Crippen LogP) is 0.570. The molecule has 0 spiro atoms. The third-order valence-corrected chi connectivity index (χ3v) is 2.32. The fourth-order valence-corrected chi connectivity index (χ4v) is 1.67. The van der Waals surface area contributed by atoms with Crippen LogP contribution in [0.15, 0.2) is 12.3 Å². The van der Waals surface area contributed by atoms with Crippen LogP contribution >= 0.6 is 0 Å². The molecule has 0 fully saturated rings. The molecule has 2 atom stereocenters. The lowest BCUT2D eigenvalue weighted by Crippen LogP contribution is -2.31. The first kappa shape index (κ1) is 8.31. The predicted molar refractivity (Wildman–Crippen MR) is 47.3 cm³/mol. The van der Waals surface area contributed by atoms with Gasteiger partial charge in [0, 0.05) is 17.8 Å². The van der Waals surface area contributed by atoms with Crippen LogP contribution in [0.3, 0.4) is 0 Å². The van der Waals surface area contributed by atoms with Crippen LogP contribution in [0.2, 0.25) is 0 Å². The molecule has 4 nitrogen and oxygen atoms in total. The summed E-state index contributed by atoms with van der Waals surface area (Å²) >= 11 is 0. The SMILES string of the molecule is CC1CC(O)c2cc[nH]c2C(=O)N1. The Labute approximate surface area is 76.0 Å². The van der Waals surface area contributed by atoms with E-state index in [-0.39, 0.29) is 11.9 Å². The molecule has 70 valence electrons. The fourth-order valence-electron chi connectivity index (χ4n) is 1.67. The molecule has 1 amide bonds. The molecule has 3 N–H and O–H groups in total. The third kappa shape index (κ3) is 1.33. The topological polar surface area (TPSA) is 65.1 Å². The lowest BCUT2D eigenvalue weighted by Gasteiger charge is -2.11. The lowest BCUT2D eigenvalue weighted by molar-refractivity contribution is 0.0935. The number of carbonyl (C=O) groups is 1. The molecule has 1 aliphatic rings. The van der Waals surface area contributed by atoms with Gasteiger partial charge in [0.25, 0.3) is 5.91 Å². The van der Waals surface area contributed by atoms with Gasteiger partial charge in [-0.2, -0.15) is 0 Å². The van der Waals surface area contributed by atoms with E-state index in [1.807, 2.05) is 6.92 Å². The van der Waals surface area contributed by atoms with E-state index in [2.05, 4.69) is 10.3 Å². The monoisotopic (exact) mass is 180 g/mol. The van der Waals surface area contributed by atoms with Crippen LogP contribution in [0.5, 0.6) is 0 Å². The number of fused-ring (bicyclic) bond motifs is 1. The molecular formula is C9H12N2O2. The van der Waals surface area contributed by atoms with Crippen molar-refractivity contribution in [3.05, 3.63) is 23.5 Å². The van der Waals surface area contributed by atoms with E-state index >= 15 is 0 Å². The molecule has 0 radical (unpaired) electrons. The van der Waals surface area contributed by atoms with Crippen LogP contribution in [-0.2, 0) is 0 Å². The molecule has 13 heavy (non-hydrogen) atoms. The number of hydrogen-bond donors (Lipinski definition) is 3.